The van der Waals surface area contributed by atoms with Gasteiger partial charge < -0.3 is 40.1 Å². The smallest absolute Gasteiger partial charge is 0.226 e. The number of nitriles is 1. The average Bonchev–Trinajstić information content (AvgIpc) is 2.26. The zero-order chi connectivity index (χ0) is 16.4. The van der Waals surface area contributed by atoms with Gasteiger partial charge in [-0.25, -0.2) is 0 Å². The average molecular weight is 294 g/mol. The normalized spacial score (nSPS) is 8.33. The maximum Gasteiger partial charge on any atom is 0.226 e. The molecule has 0 saturated carbocycles. The van der Waals surface area contributed by atoms with Gasteiger partial charge in [-0.05, 0) is 0 Å². The highest BCUT2D eigenvalue weighted by Gasteiger charge is 1.94. The minimum atomic E-state index is 0.0417. The molecule has 14 heteroatoms. The van der Waals surface area contributed by atoms with Crippen molar-refractivity contribution in [2.45, 2.75) is 0 Å². The van der Waals surface area contributed by atoms with Crippen molar-refractivity contribution in [3.05, 3.63) is 0 Å². The number of nitrogen functional groups attached to an aromatic ring is 6. The Hall–Kier alpha value is -3.89. The highest BCUT2D eigenvalue weighted by molar-refractivity contribution is 5.33. The predicted octanol–water partition coefficient (Wildman–Crippen LogP) is -3.34. The zero-order valence-electron chi connectivity index (χ0n) is 10.7. The minimum Gasteiger partial charge on any atom is -0.368 e. The van der Waals surface area contributed by atoms with Crippen LogP contribution in [0.2, 0.25) is 0 Å². The molecule has 21 heavy (non-hydrogen) atoms. The van der Waals surface area contributed by atoms with Crippen LogP contribution in [0.25, 0.3) is 0 Å². The lowest BCUT2D eigenvalue weighted by Gasteiger charge is -1.93. The number of aromatic nitrogens is 6. The van der Waals surface area contributed by atoms with E-state index in [9.17, 15) is 0 Å². The van der Waals surface area contributed by atoms with Gasteiger partial charge >= 0.3 is 0 Å². The van der Waals surface area contributed by atoms with E-state index < -0.39 is 0 Å². The Morgan fingerprint density at radius 1 is 0.524 bits per heavy atom. The van der Waals surface area contributed by atoms with Gasteiger partial charge in [-0.3, -0.25) is 0 Å². The summed E-state index contributed by atoms with van der Waals surface area (Å²) < 4.78 is 0. The van der Waals surface area contributed by atoms with E-state index in [1.54, 1.807) is 0 Å². The molecular weight excluding hydrogens is 280 g/mol. The first-order valence-corrected chi connectivity index (χ1v) is 4.93. The Balaban J connectivity index is 0.000000322. The molecule has 2 heterocycles. The van der Waals surface area contributed by atoms with Gasteiger partial charge in [-0.2, -0.15) is 35.2 Å². The van der Waals surface area contributed by atoms with E-state index >= 15 is 0 Å². The monoisotopic (exact) mass is 294 g/mol. The van der Waals surface area contributed by atoms with Crippen molar-refractivity contribution in [3.63, 3.8) is 0 Å². The third kappa shape index (κ3) is 7.93. The number of hydrogen-bond acceptors (Lipinski definition) is 14. The maximum absolute atomic E-state index is 7.10. The van der Waals surface area contributed by atoms with Gasteiger partial charge in [0.05, 0.1) is 0 Å². The molecule has 0 bridgehead atoms. The first-order valence-electron chi connectivity index (χ1n) is 4.93. The lowest BCUT2D eigenvalue weighted by atomic mass is 10.9. The Morgan fingerprint density at radius 3 is 0.714 bits per heavy atom. The quantitative estimate of drug-likeness (QED) is 0.184. The minimum absolute atomic E-state index is 0.0417. The van der Waals surface area contributed by atoms with E-state index in [4.69, 9.17) is 39.7 Å². The van der Waals surface area contributed by atoms with Crippen molar-refractivity contribution in [1.82, 2.24) is 29.9 Å². The molecule has 2 rings (SSSR count). The standard InChI is InChI=1S/2C3H6N6.CH2N2/c2*4-1-7-2(5)9-3(6)8-1;2-1-3/h2*(H6,4,5,6,7,8,9);2H2. The molecule has 14 N–H and O–H groups in total. The van der Waals surface area contributed by atoms with Gasteiger partial charge in [0, 0.05) is 0 Å². The summed E-state index contributed by atoms with van der Waals surface area (Å²) in [4.78, 5) is 20.9. The summed E-state index contributed by atoms with van der Waals surface area (Å²) in [7, 11) is 0. The van der Waals surface area contributed by atoms with Crippen molar-refractivity contribution in [1.29, 1.82) is 5.26 Å². The highest BCUT2D eigenvalue weighted by atomic mass is 15.2. The Morgan fingerprint density at radius 2 is 0.619 bits per heavy atom. The molecule has 14 nitrogen and oxygen atoms in total. The van der Waals surface area contributed by atoms with Crippen LogP contribution in [0.4, 0.5) is 35.7 Å². The van der Waals surface area contributed by atoms with Crippen molar-refractivity contribution < 1.29 is 0 Å². The number of rotatable bonds is 0. The SMILES string of the molecule is N#CN.Nc1nc(N)nc(N)n1.Nc1nc(N)nc(N)n1. The second-order valence-corrected chi connectivity index (χ2v) is 2.95. The van der Waals surface area contributed by atoms with E-state index in [1.165, 1.54) is 6.19 Å². The van der Waals surface area contributed by atoms with Gasteiger partial charge in [0.2, 0.25) is 35.7 Å². The molecule has 0 aromatic carbocycles. The largest absolute Gasteiger partial charge is 0.368 e. The number of nitrogens with two attached hydrogens (primary N) is 7. The van der Waals surface area contributed by atoms with E-state index in [1.807, 2.05) is 0 Å². The summed E-state index contributed by atoms with van der Waals surface area (Å²) in [5, 5.41) is 7.10. The van der Waals surface area contributed by atoms with E-state index in [0.29, 0.717) is 0 Å². The fourth-order valence-electron chi connectivity index (χ4n) is 0.854. The molecule has 0 aliphatic carbocycles. The van der Waals surface area contributed by atoms with Crippen LogP contribution in [0.3, 0.4) is 0 Å². The van der Waals surface area contributed by atoms with Gasteiger partial charge in [0.1, 0.15) is 0 Å². The molecule has 0 amide bonds. The first-order chi connectivity index (χ1) is 9.78. The predicted molar refractivity (Wildman–Crippen MR) is 75.9 cm³/mol. The number of nitrogens with zero attached hydrogens (tertiary/aromatic N) is 7. The van der Waals surface area contributed by atoms with Crippen molar-refractivity contribution in [2.75, 3.05) is 34.4 Å². The van der Waals surface area contributed by atoms with Crippen molar-refractivity contribution in [3.8, 4) is 6.19 Å². The summed E-state index contributed by atoms with van der Waals surface area (Å²) in [5.41, 5.74) is 35.0. The maximum atomic E-state index is 7.10. The molecule has 2 aromatic rings. The van der Waals surface area contributed by atoms with E-state index in [0.717, 1.165) is 0 Å². The third-order valence-electron chi connectivity index (χ3n) is 1.37. The molecule has 0 spiro atoms. The van der Waals surface area contributed by atoms with Gasteiger partial charge in [0.15, 0.2) is 6.19 Å². The Kier molecular flexibility index (Phi) is 6.72. The summed E-state index contributed by atoms with van der Waals surface area (Å²) >= 11 is 0. The lowest BCUT2D eigenvalue weighted by Crippen LogP contribution is -2.05. The van der Waals surface area contributed by atoms with Crippen LogP contribution in [-0.2, 0) is 0 Å². The van der Waals surface area contributed by atoms with Crippen molar-refractivity contribution in [2.24, 2.45) is 5.73 Å². The molecule has 0 fully saturated rings. The van der Waals surface area contributed by atoms with Crippen LogP contribution >= 0.6 is 0 Å². The molecule has 0 radical (unpaired) electrons. The second-order valence-electron chi connectivity index (χ2n) is 2.95. The first kappa shape index (κ1) is 17.1. The van der Waals surface area contributed by atoms with Gasteiger partial charge in [-0.15, -0.1) is 0 Å². The molecule has 2 aromatic heterocycles. The molecule has 0 unspecified atom stereocenters. The second kappa shape index (κ2) is 8.25. The topological polar surface area (TPSA) is 283 Å². The fourth-order valence-corrected chi connectivity index (χ4v) is 0.854. The van der Waals surface area contributed by atoms with Crippen LogP contribution in [0, 0.1) is 11.5 Å². The molecule has 112 valence electrons. The number of anilines is 6. The zero-order valence-corrected chi connectivity index (χ0v) is 10.7. The van der Waals surface area contributed by atoms with Gasteiger partial charge in [-0.1, -0.05) is 0 Å². The van der Waals surface area contributed by atoms with E-state index in [2.05, 4.69) is 35.6 Å². The van der Waals surface area contributed by atoms with Crippen LogP contribution in [0.15, 0.2) is 0 Å². The third-order valence-corrected chi connectivity index (χ3v) is 1.37. The van der Waals surface area contributed by atoms with Crippen LogP contribution in [0.5, 0.6) is 0 Å². The number of hydrogen-bond donors (Lipinski definition) is 7. The van der Waals surface area contributed by atoms with Crippen LogP contribution in [-0.4, -0.2) is 29.9 Å². The molecule has 0 aliphatic rings. The lowest BCUT2D eigenvalue weighted by molar-refractivity contribution is 1.09. The summed E-state index contributed by atoms with van der Waals surface area (Å²) in [5.74, 6) is 0.250. The molecule has 0 saturated heterocycles. The van der Waals surface area contributed by atoms with E-state index in [-0.39, 0.29) is 35.7 Å². The highest BCUT2D eigenvalue weighted by Crippen LogP contribution is 1.98. The molecule has 0 atom stereocenters. The molecule has 0 aliphatic heterocycles. The van der Waals surface area contributed by atoms with Crippen molar-refractivity contribution >= 4 is 35.7 Å². The Bertz CT molecular complexity index is 467. The van der Waals surface area contributed by atoms with Gasteiger partial charge in [0.25, 0.3) is 0 Å². The Labute approximate surface area is 118 Å². The molecular formula is C7H14N14. The summed E-state index contributed by atoms with van der Waals surface area (Å²) in [6, 6.07) is 0. The van der Waals surface area contributed by atoms with Crippen LogP contribution < -0.4 is 40.1 Å². The summed E-state index contributed by atoms with van der Waals surface area (Å²) in [6.07, 6.45) is 1.25. The fraction of sp³-hybridized carbons (Fsp3) is 0. The summed E-state index contributed by atoms with van der Waals surface area (Å²) in [6.45, 7) is 0. The van der Waals surface area contributed by atoms with Crippen LogP contribution in [0.1, 0.15) is 0 Å².